The maximum atomic E-state index is 12.6. The van der Waals surface area contributed by atoms with Crippen LogP contribution < -0.4 is 10.1 Å². The van der Waals surface area contributed by atoms with E-state index in [1.54, 1.807) is 18.2 Å². The Labute approximate surface area is 162 Å². The van der Waals surface area contributed by atoms with Crippen LogP contribution in [0.25, 0.3) is 0 Å². The number of hydrogen-bond donors (Lipinski definition) is 1. The number of benzene rings is 3. The molecule has 26 heavy (non-hydrogen) atoms. The summed E-state index contributed by atoms with van der Waals surface area (Å²) >= 11 is 7.60. The molecule has 0 aromatic heterocycles. The van der Waals surface area contributed by atoms with Crippen molar-refractivity contribution in [3.8, 4) is 11.5 Å². The zero-order valence-electron chi connectivity index (χ0n) is 14.2. The number of para-hydroxylation sites is 1. The second-order valence-corrected chi connectivity index (χ2v) is 7.47. The van der Waals surface area contributed by atoms with Gasteiger partial charge in [0.15, 0.2) is 5.75 Å². The Balaban J connectivity index is 1.73. The van der Waals surface area contributed by atoms with E-state index in [-0.39, 0.29) is 11.2 Å². The SMILES string of the molecule is C[C@H](Sc1ccccc1)C(=O)Nc1cc(Cl)ccc1Oc1ccccc1. The predicted octanol–water partition coefficient (Wildman–Crippen LogP) is 6.25. The molecule has 0 fully saturated rings. The second kappa shape index (κ2) is 8.79. The lowest BCUT2D eigenvalue weighted by molar-refractivity contribution is -0.115. The lowest BCUT2D eigenvalue weighted by Crippen LogP contribution is -2.22. The van der Waals surface area contributed by atoms with Crippen molar-refractivity contribution in [1.82, 2.24) is 0 Å². The number of carbonyl (C=O) groups is 1. The highest BCUT2D eigenvalue weighted by atomic mass is 35.5. The number of anilines is 1. The molecular formula is C21H18ClNO2S. The Kier molecular flexibility index (Phi) is 6.21. The zero-order chi connectivity index (χ0) is 18.4. The number of halogens is 1. The largest absolute Gasteiger partial charge is 0.455 e. The van der Waals surface area contributed by atoms with Crippen LogP contribution in [0.15, 0.2) is 83.8 Å². The number of thioether (sulfide) groups is 1. The highest BCUT2D eigenvalue weighted by Crippen LogP contribution is 2.33. The number of carbonyl (C=O) groups excluding carboxylic acids is 1. The maximum absolute atomic E-state index is 12.6. The summed E-state index contributed by atoms with van der Waals surface area (Å²) < 4.78 is 5.88. The summed E-state index contributed by atoms with van der Waals surface area (Å²) in [6.45, 7) is 1.87. The van der Waals surface area contributed by atoms with Crippen molar-refractivity contribution in [3.05, 3.63) is 83.9 Å². The van der Waals surface area contributed by atoms with Gasteiger partial charge in [0.2, 0.25) is 5.91 Å². The fourth-order valence-electron chi connectivity index (χ4n) is 2.30. The second-order valence-electron chi connectivity index (χ2n) is 5.62. The molecule has 3 aromatic rings. The first-order valence-electron chi connectivity index (χ1n) is 8.17. The van der Waals surface area contributed by atoms with E-state index >= 15 is 0 Å². The normalized spacial score (nSPS) is 11.6. The summed E-state index contributed by atoms with van der Waals surface area (Å²) in [5.74, 6) is 1.13. The van der Waals surface area contributed by atoms with Gasteiger partial charge >= 0.3 is 0 Å². The first kappa shape index (κ1) is 18.4. The maximum Gasteiger partial charge on any atom is 0.237 e. The lowest BCUT2D eigenvalue weighted by atomic mass is 10.2. The molecule has 0 heterocycles. The minimum absolute atomic E-state index is 0.112. The molecule has 0 bridgehead atoms. The Morgan fingerprint density at radius 2 is 1.65 bits per heavy atom. The number of ether oxygens (including phenoxy) is 1. The molecule has 5 heteroatoms. The van der Waals surface area contributed by atoms with Crippen molar-refractivity contribution in [1.29, 1.82) is 0 Å². The van der Waals surface area contributed by atoms with Crippen LogP contribution in [0.1, 0.15) is 6.92 Å². The smallest absolute Gasteiger partial charge is 0.237 e. The van der Waals surface area contributed by atoms with Gasteiger partial charge in [-0.25, -0.2) is 0 Å². The molecule has 1 atom stereocenters. The van der Waals surface area contributed by atoms with Gasteiger partial charge in [-0.2, -0.15) is 0 Å². The molecule has 3 aromatic carbocycles. The summed E-state index contributed by atoms with van der Waals surface area (Å²) in [6, 6.07) is 24.4. The van der Waals surface area contributed by atoms with E-state index in [2.05, 4.69) is 5.32 Å². The fourth-order valence-corrected chi connectivity index (χ4v) is 3.36. The van der Waals surface area contributed by atoms with Crippen molar-refractivity contribution >= 4 is 35.0 Å². The number of nitrogens with one attached hydrogen (secondary N) is 1. The highest BCUT2D eigenvalue weighted by molar-refractivity contribution is 8.00. The molecule has 0 spiro atoms. The van der Waals surface area contributed by atoms with Gasteiger partial charge in [-0.05, 0) is 49.4 Å². The highest BCUT2D eigenvalue weighted by Gasteiger charge is 2.17. The molecule has 0 aliphatic carbocycles. The average molecular weight is 384 g/mol. The Bertz CT molecular complexity index is 872. The van der Waals surface area contributed by atoms with Gasteiger partial charge in [0.25, 0.3) is 0 Å². The third-order valence-electron chi connectivity index (χ3n) is 3.60. The van der Waals surface area contributed by atoms with Crippen LogP contribution in [0.2, 0.25) is 5.02 Å². The molecule has 132 valence electrons. The van der Waals surface area contributed by atoms with E-state index in [9.17, 15) is 4.79 Å². The Hall–Kier alpha value is -2.43. The van der Waals surface area contributed by atoms with Gasteiger partial charge < -0.3 is 10.1 Å². The number of rotatable bonds is 6. The lowest BCUT2D eigenvalue weighted by Gasteiger charge is -2.15. The van der Waals surface area contributed by atoms with Crippen molar-refractivity contribution < 1.29 is 9.53 Å². The van der Waals surface area contributed by atoms with Crippen LogP contribution in [-0.4, -0.2) is 11.2 Å². The van der Waals surface area contributed by atoms with Gasteiger partial charge in [0, 0.05) is 9.92 Å². The molecule has 0 saturated carbocycles. The molecule has 0 radical (unpaired) electrons. The van der Waals surface area contributed by atoms with Crippen LogP contribution in [-0.2, 0) is 4.79 Å². The van der Waals surface area contributed by atoms with Crippen LogP contribution in [0.3, 0.4) is 0 Å². The van der Waals surface area contributed by atoms with E-state index in [1.165, 1.54) is 11.8 Å². The van der Waals surface area contributed by atoms with E-state index in [0.717, 1.165) is 4.90 Å². The Morgan fingerprint density at radius 3 is 2.35 bits per heavy atom. The Morgan fingerprint density at radius 1 is 1.00 bits per heavy atom. The molecule has 3 rings (SSSR count). The molecule has 0 aliphatic rings. The summed E-state index contributed by atoms with van der Waals surface area (Å²) in [5, 5.41) is 3.19. The van der Waals surface area contributed by atoms with E-state index in [0.29, 0.717) is 22.2 Å². The molecule has 0 aliphatic heterocycles. The van der Waals surface area contributed by atoms with Crippen LogP contribution >= 0.6 is 23.4 Å². The van der Waals surface area contributed by atoms with Crippen molar-refractivity contribution in [2.45, 2.75) is 17.1 Å². The average Bonchev–Trinajstić information content (AvgIpc) is 2.65. The van der Waals surface area contributed by atoms with Crippen molar-refractivity contribution in [2.24, 2.45) is 0 Å². The molecular weight excluding hydrogens is 366 g/mol. The van der Waals surface area contributed by atoms with Gasteiger partial charge in [-0.1, -0.05) is 48.0 Å². The molecule has 1 amide bonds. The topological polar surface area (TPSA) is 38.3 Å². The van der Waals surface area contributed by atoms with Crippen molar-refractivity contribution in [3.63, 3.8) is 0 Å². The summed E-state index contributed by atoms with van der Waals surface area (Å²) in [6.07, 6.45) is 0. The van der Waals surface area contributed by atoms with Gasteiger partial charge in [-0.15, -0.1) is 11.8 Å². The van der Waals surface area contributed by atoms with Crippen LogP contribution in [0, 0.1) is 0 Å². The van der Waals surface area contributed by atoms with Gasteiger partial charge in [-0.3, -0.25) is 4.79 Å². The van der Waals surface area contributed by atoms with Crippen LogP contribution in [0.5, 0.6) is 11.5 Å². The minimum atomic E-state index is -0.263. The van der Waals surface area contributed by atoms with E-state index in [4.69, 9.17) is 16.3 Å². The summed E-state index contributed by atoms with van der Waals surface area (Å²) in [7, 11) is 0. The van der Waals surface area contributed by atoms with E-state index < -0.39 is 0 Å². The predicted molar refractivity (Wildman–Crippen MR) is 108 cm³/mol. The standard InChI is InChI=1S/C21H18ClNO2S/c1-15(26-18-10-6-3-7-11-18)21(24)23-19-14-16(22)12-13-20(19)25-17-8-4-2-5-9-17/h2-15H,1H3,(H,23,24)/t15-/m0/s1. The molecule has 0 unspecified atom stereocenters. The fraction of sp³-hybridized carbons (Fsp3) is 0.0952. The molecule has 3 nitrogen and oxygen atoms in total. The minimum Gasteiger partial charge on any atom is -0.455 e. The molecule has 0 saturated heterocycles. The van der Waals surface area contributed by atoms with Crippen LogP contribution in [0.4, 0.5) is 5.69 Å². The van der Waals surface area contributed by atoms with Crippen molar-refractivity contribution in [2.75, 3.05) is 5.32 Å². The zero-order valence-corrected chi connectivity index (χ0v) is 15.8. The third kappa shape index (κ3) is 5.04. The quantitative estimate of drug-likeness (QED) is 0.511. The van der Waals surface area contributed by atoms with Gasteiger partial charge in [0.05, 0.1) is 10.9 Å². The summed E-state index contributed by atoms with van der Waals surface area (Å²) in [5.41, 5.74) is 0.548. The first-order valence-corrected chi connectivity index (χ1v) is 9.42. The summed E-state index contributed by atoms with van der Waals surface area (Å²) in [4.78, 5) is 13.6. The van der Waals surface area contributed by atoms with Gasteiger partial charge in [0.1, 0.15) is 5.75 Å². The first-order chi connectivity index (χ1) is 12.6. The monoisotopic (exact) mass is 383 g/mol. The molecule has 1 N–H and O–H groups in total. The number of amides is 1. The number of hydrogen-bond acceptors (Lipinski definition) is 3. The third-order valence-corrected chi connectivity index (χ3v) is 4.94. The van der Waals surface area contributed by atoms with E-state index in [1.807, 2.05) is 67.6 Å².